The van der Waals surface area contributed by atoms with Crippen LogP contribution in [0.3, 0.4) is 0 Å². The van der Waals surface area contributed by atoms with E-state index in [1.54, 1.807) is 28.7 Å². The van der Waals surface area contributed by atoms with E-state index in [1.165, 1.54) is 10.9 Å². The van der Waals surface area contributed by atoms with Crippen LogP contribution in [-0.4, -0.2) is 43.0 Å². The fourth-order valence-electron chi connectivity index (χ4n) is 4.11. The van der Waals surface area contributed by atoms with E-state index >= 15 is 0 Å². The molecule has 30 heavy (non-hydrogen) atoms. The maximum absolute atomic E-state index is 14.2. The standard InChI is InChI=1S/C23H26FN3OS2/c1-17(25-22(28)16-18-6-4-14-29-18)23(21-9-5-15-30-21)27-12-10-26(11-13-27)20-8-3-2-7-19(20)24/h2-9,14-15,17,23H,10-13,16H2,1H3,(H,25,28)/t17-,23+/m0/s1. The topological polar surface area (TPSA) is 35.6 Å². The molecule has 0 saturated carbocycles. The quantitative estimate of drug-likeness (QED) is 0.582. The van der Waals surface area contributed by atoms with Crippen molar-refractivity contribution in [1.82, 2.24) is 10.2 Å². The molecule has 0 radical (unpaired) electrons. The number of anilines is 1. The highest BCUT2D eigenvalue weighted by atomic mass is 32.1. The van der Waals surface area contributed by atoms with Crippen LogP contribution in [0, 0.1) is 5.82 Å². The molecule has 0 aliphatic carbocycles. The lowest BCUT2D eigenvalue weighted by atomic mass is 10.0. The second kappa shape index (κ2) is 9.73. The predicted octanol–water partition coefficient (Wildman–Crippen LogP) is 4.56. The van der Waals surface area contributed by atoms with Gasteiger partial charge in [-0.3, -0.25) is 9.69 Å². The zero-order valence-corrected chi connectivity index (χ0v) is 18.6. The Labute approximate surface area is 185 Å². The van der Waals surface area contributed by atoms with Gasteiger partial charge in [-0.15, -0.1) is 22.7 Å². The molecule has 3 aromatic rings. The van der Waals surface area contributed by atoms with Crippen LogP contribution in [0.2, 0.25) is 0 Å². The van der Waals surface area contributed by atoms with E-state index in [1.807, 2.05) is 29.6 Å². The Bertz CT molecular complexity index is 937. The van der Waals surface area contributed by atoms with E-state index in [4.69, 9.17) is 0 Å². The minimum absolute atomic E-state index is 0.0175. The summed E-state index contributed by atoms with van der Waals surface area (Å²) in [4.78, 5) is 19.4. The number of para-hydroxylation sites is 1. The lowest BCUT2D eigenvalue weighted by molar-refractivity contribution is -0.121. The van der Waals surface area contributed by atoms with Gasteiger partial charge < -0.3 is 10.2 Å². The van der Waals surface area contributed by atoms with Crippen LogP contribution in [0.4, 0.5) is 10.1 Å². The average Bonchev–Trinajstić information content (AvgIpc) is 3.44. The molecule has 158 valence electrons. The molecular weight excluding hydrogens is 417 g/mol. The Kier molecular flexibility index (Phi) is 6.82. The summed E-state index contributed by atoms with van der Waals surface area (Å²) in [6.07, 6.45) is 0.417. The predicted molar refractivity (Wildman–Crippen MR) is 123 cm³/mol. The first-order valence-corrected chi connectivity index (χ1v) is 12.0. The Morgan fingerprint density at radius 2 is 1.77 bits per heavy atom. The van der Waals surface area contributed by atoms with Crippen LogP contribution in [0.1, 0.15) is 22.7 Å². The average molecular weight is 444 g/mol. The van der Waals surface area contributed by atoms with Crippen molar-refractivity contribution in [3.05, 3.63) is 74.9 Å². The number of rotatable bonds is 7. The molecule has 1 saturated heterocycles. The van der Waals surface area contributed by atoms with Gasteiger partial charge in [-0.2, -0.15) is 0 Å². The van der Waals surface area contributed by atoms with Crippen LogP contribution in [0.15, 0.2) is 59.3 Å². The number of nitrogens with zero attached hydrogens (tertiary/aromatic N) is 2. The third-order valence-electron chi connectivity index (χ3n) is 5.51. The summed E-state index contributed by atoms with van der Waals surface area (Å²) in [5.41, 5.74) is 0.669. The first-order valence-electron chi connectivity index (χ1n) is 10.2. The first-order chi connectivity index (χ1) is 14.6. The molecule has 1 aliphatic heterocycles. The van der Waals surface area contributed by atoms with E-state index < -0.39 is 0 Å². The highest BCUT2D eigenvalue weighted by Crippen LogP contribution is 2.30. The van der Waals surface area contributed by atoms with Crippen molar-refractivity contribution in [1.29, 1.82) is 0 Å². The number of carbonyl (C=O) groups excluding carboxylic acids is 1. The van der Waals surface area contributed by atoms with Gasteiger partial charge in [0.05, 0.1) is 18.2 Å². The zero-order chi connectivity index (χ0) is 20.9. The van der Waals surface area contributed by atoms with Crippen molar-refractivity contribution < 1.29 is 9.18 Å². The van der Waals surface area contributed by atoms with Gasteiger partial charge in [-0.25, -0.2) is 4.39 Å². The Hall–Kier alpha value is -2.22. The SMILES string of the molecule is C[C@H](NC(=O)Cc1cccs1)[C@H](c1cccs1)N1CCN(c2ccccc2F)CC1. The number of nitrogens with one attached hydrogen (secondary N) is 1. The first kappa shape index (κ1) is 21.0. The van der Waals surface area contributed by atoms with Gasteiger partial charge in [0.2, 0.25) is 5.91 Å². The summed E-state index contributed by atoms with van der Waals surface area (Å²) in [7, 11) is 0. The lowest BCUT2D eigenvalue weighted by Crippen LogP contribution is -2.52. The number of thiophene rings is 2. The van der Waals surface area contributed by atoms with Crippen LogP contribution < -0.4 is 10.2 Å². The molecule has 4 nitrogen and oxygen atoms in total. The number of halogens is 1. The fraction of sp³-hybridized carbons (Fsp3) is 0.348. The molecule has 0 unspecified atom stereocenters. The van der Waals surface area contributed by atoms with Gasteiger partial charge in [0.1, 0.15) is 5.82 Å². The normalized spacial score (nSPS) is 16.9. The zero-order valence-electron chi connectivity index (χ0n) is 17.0. The van der Waals surface area contributed by atoms with E-state index in [0.717, 1.165) is 31.1 Å². The molecule has 1 aliphatic rings. The summed E-state index contributed by atoms with van der Waals surface area (Å²) < 4.78 is 14.2. The molecule has 2 aromatic heterocycles. The van der Waals surface area contributed by atoms with Crippen molar-refractivity contribution in [2.24, 2.45) is 0 Å². The third kappa shape index (κ3) is 4.91. The molecule has 2 atom stereocenters. The molecule has 7 heteroatoms. The monoisotopic (exact) mass is 443 g/mol. The molecule has 1 N–H and O–H groups in total. The number of benzene rings is 1. The third-order valence-corrected chi connectivity index (χ3v) is 7.33. The minimum atomic E-state index is -0.171. The molecule has 1 fully saturated rings. The van der Waals surface area contributed by atoms with Crippen molar-refractivity contribution >= 4 is 34.3 Å². The van der Waals surface area contributed by atoms with Crippen molar-refractivity contribution in [2.45, 2.75) is 25.4 Å². The van der Waals surface area contributed by atoms with Crippen LogP contribution in [-0.2, 0) is 11.2 Å². The molecule has 4 rings (SSSR count). The maximum atomic E-state index is 14.2. The smallest absolute Gasteiger partial charge is 0.225 e. The molecule has 0 spiro atoms. The molecule has 0 bridgehead atoms. The highest BCUT2D eigenvalue weighted by Gasteiger charge is 2.31. The summed E-state index contributed by atoms with van der Waals surface area (Å²) in [5.74, 6) is -0.119. The summed E-state index contributed by atoms with van der Waals surface area (Å²) in [6, 6.07) is 15.2. The molecular formula is C23H26FN3OS2. The van der Waals surface area contributed by atoms with Gasteiger partial charge in [0, 0.05) is 42.0 Å². The van der Waals surface area contributed by atoms with Crippen LogP contribution in [0.25, 0.3) is 0 Å². The number of hydrogen-bond donors (Lipinski definition) is 1. The van der Waals surface area contributed by atoms with Gasteiger partial charge >= 0.3 is 0 Å². The Morgan fingerprint density at radius 3 is 2.43 bits per heavy atom. The summed E-state index contributed by atoms with van der Waals surface area (Å²) >= 11 is 3.33. The van der Waals surface area contributed by atoms with E-state index in [-0.39, 0.29) is 23.8 Å². The number of amides is 1. The largest absolute Gasteiger partial charge is 0.367 e. The van der Waals surface area contributed by atoms with Gasteiger partial charge in [-0.1, -0.05) is 24.3 Å². The van der Waals surface area contributed by atoms with Gasteiger partial charge in [0.25, 0.3) is 0 Å². The molecule has 3 heterocycles. The van der Waals surface area contributed by atoms with Gasteiger partial charge in [0.15, 0.2) is 0 Å². The lowest BCUT2D eigenvalue weighted by Gasteiger charge is -2.42. The van der Waals surface area contributed by atoms with Crippen molar-refractivity contribution in [3.8, 4) is 0 Å². The highest BCUT2D eigenvalue weighted by molar-refractivity contribution is 7.10. The van der Waals surface area contributed by atoms with E-state index in [2.05, 4.69) is 39.6 Å². The Morgan fingerprint density at radius 1 is 1.03 bits per heavy atom. The van der Waals surface area contributed by atoms with E-state index in [0.29, 0.717) is 12.1 Å². The minimum Gasteiger partial charge on any atom is -0.367 e. The summed E-state index contributed by atoms with van der Waals surface area (Å²) in [6.45, 7) is 5.25. The van der Waals surface area contributed by atoms with Crippen LogP contribution in [0.5, 0.6) is 0 Å². The second-order valence-electron chi connectivity index (χ2n) is 7.55. The second-order valence-corrected chi connectivity index (χ2v) is 9.56. The fourth-order valence-corrected chi connectivity index (χ4v) is 5.77. The number of hydrogen-bond acceptors (Lipinski definition) is 5. The Balaban J connectivity index is 1.43. The maximum Gasteiger partial charge on any atom is 0.225 e. The van der Waals surface area contributed by atoms with Crippen molar-refractivity contribution in [3.63, 3.8) is 0 Å². The molecule has 1 aromatic carbocycles. The van der Waals surface area contributed by atoms with Crippen molar-refractivity contribution in [2.75, 3.05) is 31.1 Å². The number of carbonyl (C=O) groups is 1. The van der Waals surface area contributed by atoms with Crippen LogP contribution >= 0.6 is 22.7 Å². The summed E-state index contributed by atoms with van der Waals surface area (Å²) in [5, 5.41) is 7.29. The van der Waals surface area contributed by atoms with E-state index in [9.17, 15) is 9.18 Å². The van der Waals surface area contributed by atoms with Gasteiger partial charge in [-0.05, 0) is 41.9 Å². The molecule has 1 amide bonds. The number of piperazine rings is 1.